The van der Waals surface area contributed by atoms with Gasteiger partial charge in [-0.15, -0.1) is 0 Å². The molecule has 0 bridgehead atoms. The highest BCUT2D eigenvalue weighted by Crippen LogP contribution is 2.65. The Hall–Kier alpha value is -1.63. The van der Waals surface area contributed by atoms with Crippen LogP contribution in [0.25, 0.3) is 0 Å². The molecule has 1 aliphatic heterocycles. The fourth-order valence-electron chi connectivity index (χ4n) is 7.53. The number of nitrogens with one attached hydrogen (secondary N) is 1. The summed E-state index contributed by atoms with van der Waals surface area (Å²) in [7, 11) is 0. The number of carbonyl (C=O) groups excluding carboxylic acids is 2. The molecule has 9 unspecified atom stereocenters. The van der Waals surface area contributed by atoms with Crippen LogP contribution in [0.1, 0.15) is 52.4 Å². The molecule has 5 rings (SSSR count). The first-order valence-corrected chi connectivity index (χ1v) is 11.6. The molecule has 5 aliphatic rings. The first-order chi connectivity index (χ1) is 14.7. The van der Waals surface area contributed by atoms with E-state index in [0.717, 1.165) is 30.8 Å². The highest BCUT2D eigenvalue weighted by atomic mass is 19.1. The van der Waals surface area contributed by atoms with E-state index in [2.05, 4.69) is 24.0 Å². The second-order valence-electron chi connectivity index (χ2n) is 10.9. The first-order valence-electron chi connectivity index (χ1n) is 11.6. The lowest BCUT2D eigenvalue weighted by atomic mass is 9.43. The third-order valence-electron chi connectivity index (χ3n) is 9.31. The van der Waals surface area contributed by atoms with Gasteiger partial charge >= 0.3 is 0 Å². The summed E-state index contributed by atoms with van der Waals surface area (Å²) in [6, 6.07) is 0. The lowest BCUT2D eigenvalue weighted by molar-refractivity contribution is -0.166. The normalized spacial score (nSPS) is 50.9. The van der Waals surface area contributed by atoms with Crippen molar-refractivity contribution in [3.63, 3.8) is 0 Å². The van der Waals surface area contributed by atoms with Gasteiger partial charge in [0.05, 0.1) is 11.1 Å². The Morgan fingerprint density at radius 3 is 2.71 bits per heavy atom. The maximum absolute atomic E-state index is 15.5. The number of alkyl halides is 2. The number of hydrogen-bond acceptors (Lipinski definition) is 5. The average molecular weight is 435 g/mol. The predicted octanol–water partition coefficient (Wildman–Crippen LogP) is 3.57. The number of rotatable bonds is 2. The highest BCUT2D eigenvalue weighted by molar-refractivity contribution is 6.01. The van der Waals surface area contributed by atoms with Gasteiger partial charge in [0.25, 0.3) is 0 Å². The van der Waals surface area contributed by atoms with E-state index in [4.69, 9.17) is 4.84 Å². The minimum atomic E-state index is -1.93. The number of fused-ring (bicyclic) bond motifs is 5. The van der Waals surface area contributed by atoms with Gasteiger partial charge in [-0.2, -0.15) is 0 Å². The SMILES string of the molecule is C=C1CC2C(C(=O)C(F)C3(C)C(=O)C(F)CC23)C2(C)CCC(=NOC3CCNC3)CC12. The molecule has 4 aliphatic carbocycles. The molecule has 1 heterocycles. The molecule has 0 aromatic carbocycles. The fraction of sp³-hybridized carbons (Fsp3) is 0.792. The van der Waals surface area contributed by atoms with E-state index < -0.39 is 46.6 Å². The van der Waals surface area contributed by atoms with Crippen LogP contribution in [0.4, 0.5) is 8.78 Å². The van der Waals surface area contributed by atoms with Gasteiger partial charge in [0.2, 0.25) is 0 Å². The molecular formula is C24H32F2N2O3. The zero-order valence-electron chi connectivity index (χ0n) is 18.3. The van der Waals surface area contributed by atoms with Gasteiger partial charge in [0, 0.05) is 18.9 Å². The third-order valence-corrected chi connectivity index (χ3v) is 9.31. The van der Waals surface area contributed by atoms with E-state index in [0.29, 0.717) is 25.7 Å². The Bertz CT molecular complexity index is 854. The number of carbonyl (C=O) groups is 2. The van der Waals surface area contributed by atoms with E-state index in [1.807, 2.05) is 0 Å². The van der Waals surface area contributed by atoms with Crippen LogP contribution >= 0.6 is 0 Å². The van der Waals surface area contributed by atoms with Crippen LogP contribution in [0.3, 0.4) is 0 Å². The smallest absolute Gasteiger partial charge is 0.176 e. The van der Waals surface area contributed by atoms with Crippen LogP contribution in [0.5, 0.6) is 0 Å². The molecule has 1 N–H and O–H groups in total. The molecule has 0 aromatic rings. The molecule has 0 amide bonds. The van der Waals surface area contributed by atoms with Crippen molar-refractivity contribution in [1.82, 2.24) is 5.32 Å². The van der Waals surface area contributed by atoms with Crippen molar-refractivity contribution in [3.05, 3.63) is 12.2 Å². The molecule has 1 saturated heterocycles. The van der Waals surface area contributed by atoms with E-state index in [9.17, 15) is 14.0 Å². The first kappa shape index (κ1) is 21.2. The summed E-state index contributed by atoms with van der Waals surface area (Å²) in [5, 5.41) is 7.68. The molecule has 170 valence electrons. The topological polar surface area (TPSA) is 67.8 Å². The Labute approximate surface area is 182 Å². The van der Waals surface area contributed by atoms with Crippen molar-refractivity contribution in [2.24, 2.45) is 39.7 Å². The predicted molar refractivity (Wildman–Crippen MR) is 112 cm³/mol. The van der Waals surface area contributed by atoms with E-state index in [1.165, 1.54) is 6.92 Å². The number of halogens is 2. The van der Waals surface area contributed by atoms with Crippen molar-refractivity contribution < 1.29 is 23.2 Å². The molecule has 5 fully saturated rings. The summed E-state index contributed by atoms with van der Waals surface area (Å²) in [4.78, 5) is 31.6. The minimum Gasteiger partial charge on any atom is -0.391 e. The zero-order valence-corrected chi connectivity index (χ0v) is 18.3. The highest BCUT2D eigenvalue weighted by Gasteiger charge is 2.70. The Balaban J connectivity index is 1.43. The summed E-state index contributed by atoms with van der Waals surface area (Å²) in [5.74, 6) is -2.38. The van der Waals surface area contributed by atoms with Crippen LogP contribution in [0.15, 0.2) is 17.3 Å². The molecule has 7 heteroatoms. The summed E-state index contributed by atoms with van der Waals surface area (Å²) >= 11 is 0. The van der Waals surface area contributed by atoms with Gasteiger partial charge in [-0.3, -0.25) is 9.59 Å². The summed E-state index contributed by atoms with van der Waals surface area (Å²) in [5.41, 5.74) is -0.000615. The number of nitrogens with zero attached hydrogens (tertiary/aromatic N) is 1. The monoisotopic (exact) mass is 434 g/mol. The van der Waals surface area contributed by atoms with Gasteiger partial charge in [-0.05, 0) is 68.7 Å². The Morgan fingerprint density at radius 2 is 2.00 bits per heavy atom. The number of allylic oxidation sites excluding steroid dienone is 1. The number of hydrogen-bond donors (Lipinski definition) is 1. The summed E-state index contributed by atoms with van der Waals surface area (Å²) in [6.45, 7) is 9.61. The second-order valence-corrected chi connectivity index (χ2v) is 10.9. The van der Waals surface area contributed by atoms with Crippen LogP contribution in [0.2, 0.25) is 0 Å². The van der Waals surface area contributed by atoms with Crippen LogP contribution in [-0.2, 0) is 14.4 Å². The van der Waals surface area contributed by atoms with Gasteiger partial charge in [0.1, 0.15) is 6.10 Å². The fourth-order valence-corrected chi connectivity index (χ4v) is 7.53. The van der Waals surface area contributed by atoms with Gasteiger partial charge in [-0.1, -0.05) is 24.2 Å². The average Bonchev–Trinajstić information content (AvgIpc) is 3.34. The summed E-state index contributed by atoms with van der Waals surface area (Å²) < 4.78 is 29.9. The largest absolute Gasteiger partial charge is 0.391 e. The van der Waals surface area contributed by atoms with Crippen LogP contribution < -0.4 is 5.32 Å². The third kappa shape index (κ3) is 2.91. The molecule has 0 radical (unpaired) electrons. The molecule has 4 saturated carbocycles. The quantitative estimate of drug-likeness (QED) is 0.533. The van der Waals surface area contributed by atoms with E-state index in [1.54, 1.807) is 0 Å². The number of ketones is 2. The molecular weight excluding hydrogens is 402 g/mol. The van der Waals surface area contributed by atoms with Crippen molar-refractivity contribution in [3.8, 4) is 0 Å². The summed E-state index contributed by atoms with van der Waals surface area (Å²) in [6.07, 6.45) is 0.0509. The van der Waals surface area contributed by atoms with Crippen molar-refractivity contribution in [1.29, 1.82) is 0 Å². The van der Waals surface area contributed by atoms with Gasteiger partial charge < -0.3 is 10.2 Å². The van der Waals surface area contributed by atoms with Crippen LogP contribution in [0, 0.1) is 34.5 Å². The zero-order chi connectivity index (χ0) is 22.1. The lowest BCUT2D eigenvalue weighted by Crippen LogP contribution is -2.62. The Morgan fingerprint density at radius 1 is 1.23 bits per heavy atom. The molecule has 0 spiro atoms. The molecule has 5 nitrogen and oxygen atoms in total. The van der Waals surface area contributed by atoms with Gasteiger partial charge in [-0.25, -0.2) is 8.78 Å². The maximum atomic E-state index is 15.5. The standard InChI is InChI=1S/C24H32F2N2O3/c1-12-8-15-17-10-18(25)22(30)24(17,3)21(26)20(29)19(15)23(2)6-4-13(9-16(12)23)28-31-14-5-7-27-11-14/h14-19,21,27H,1,4-11H2,2-3H3. The molecule has 9 atom stereocenters. The maximum Gasteiger partial charge on any atom is 0.176 e. The minimum absolute atomic E-state index is 0.0188. The van der Waals surface area contributed by atoms with Crippen LogP contribution in [-0.4, -0.2) is 48.8 Å². The van der Waals surface area contributed by atoms with E-state index >= 15 is 4.39 Å². The number of Topliss-reactive ketones (excluding diaryl/α,β-unsaturated/α-hetero) is 2. The van der Waals surface area contributed by atoms with Gasteiger partial charge in [0.15, 0.2) is 23.9 Å². The lowest BCUT2D eigenvalue weighted by Gasteiger charge is -2.59. The number of oxime groups is 1. The molecule has 0 aromatic heterocycles. The van der Waals surface area contributed by atoms with Crippen molar-refractivity contribution in [2.75, 3.05) is 13.1 Å². The Kier molecular flexibility index (Phi) is 4.92. The van der Waals surface area contributed by atoms with Crippen molar-refractivity contribution >= 4 is 17.3 Å². The van der Waals surface area contributed by atoms with E-state index in [-0.39, 0.29) is 24.4 Å². The van der Waals surface area contributed by atoms with Crippen molar-refractivity contribution in [2.45, 2.75) is 70.8 Å². The second kappa shape index (κ2) is 7.19. The molecule has 31 heavy (non-hydrogen) atoms.